The first-order valence-corrected chi connectivity index (χ1v) is 11.4. The number of ether oxygens (including phenoxy) is 1. The van der Waals surface area contributed by atoms with Gasteiger partial charge in [-0.15, -0.1) is 0 Å². The molecule has 0 radical (unpaired) electrons. The van der Waals surface area contributed by atoms with E-state index in [0.717, 1.165) is 25.1 Å². The van der Waals surface area contributed by atoms with Crippen molar-refractivity contribution in [3.8, 4) is 11.5 Å². The number of halogens is 4. The summed E-state index contributed by atoms with van der Waals surface area (Å²) in [4.78, 5) is 16.8. The number of rotatable bonds is 5. The number of aryl methyl sites for hydroxylation is 1. The molecule has 1 heterocycles. The van der Waals surface area contributed by atoms with Crippen LogP contribution in [0.2, 0.25) is 0 Å². The van der Waals surface area contributed by atoms with Crippen LogP contribution in [-0.2, 0) is 15.9 Å². The highest BCUT2D eigenvalue weighted by atomic mass is 32.2. The Balaban J connectivity index is 2.08. The second-order valence-corrected chi connectivity index (χ2v) is 9.41. The number of benzene rings is 2. The molecule has 2 N–H and O–H groups in total. The molecule has 1 aromatic heterocycles. The summed E-state index contributed by atoms with van der Waals surface area (Å²) in [5.74, 6) is -1.80. The van der Waals surface area contributed by atoms with Crippen molar-refractivity contribution in [2.24, 2.45) is 0 Å². The van der Waals surface area contributed by atoms with Crippen molar-refractivity contribution in [2.45, 2.75) is 24.9 Å². The van der Waals surface area contributed by atoms with Gasteiger partial charge in [0.25, 0.3) is 5.91 Å². The van der Waals surface area contributed by atoms with Crippen molar-refractivity contribution in [3.05, 3.63) is 76.9 Å². The Hall–Kier alpha value is -3.47. The van der Waals surface area contributed by atoms with Gasteiger partial charge in [-0.3, -0.25) is 4.79 Å². The Kier molecular flexibility index (Phi) is 6.46. The molecule has 0 aliphatic heterocycles. The fraction of sp³-hybridized carbons (Fsp3) is 0.182. The van der Waals surface area contributed by atoms with E-state index in [-0.39, 0.29) is 38.9 Å². The molecule has 0 saturated heterocycles. The van der Waals surface area contributed by atoms with Crippen molar-refractivity contribution in [1.82, 2.24) is 4.98 Å². The average molecular weight is 481 g/mol. The van der Waals surface area contributed by atoms with Gasteiger partial charge in [-0.2, -0.15) is 17.6 Å². The zero-order valence-electron chi connectivity index (χ0n) is 17.7. The molecule has 33 heavy (non-hydrogen) atoms. The van der Waals surface area contributed by atoms with Crippen molar-refractivity contribution in [3.63, 3.8) is 0 Å². The fourth-order valence-electron chi connectivity index (χ4n) is 3.11. The second kappa shape index (κ2) is 8.81. The molecule has 174 valence electrons. The average Bonchev–Trinajstić information content (AvgIpc) is 2.68. The Morgan fingerprint density at radius 1 is 1.09 bits per heavy atom. The van der Waals surface area contributed by atoms with Crippen molar-refractivity contribution >= 4 is 21.3 Å². The number of alkyl halides is 3. The van der Waals surface area contributed by atoms with E-state index in [1.165, 1.54) is 43.5 Å². The predicted octanol–water partition coefficient (Wildman–Crippen LogP) is 5.94. The minimum Gasteiger partial charge on any atom is -0.455 e. The smallest absolute Gasteiger partial charge is 0.416 e. The second-order valence-electron chi connectivity index (χ2n) is 7.25. The van der Waals surface area contributed by atoms with Gasteiger partial charge in [0, 0.05) is 16.8 Å². The van der Waals surface area contributed by atoms with Crippen LogP contribution in [0.1, 0.15) is 27.2 Å². The molecule has 11 heteroatoms. The number of carbonyl (C=O) groups is 1. The van der Waals surface area contributed by atoms with Crippen LogP contribution >= 0.6 is 0 Å². The zero-order valence-corrected chi connectivity index (χ0v) is 18.5. The lowest BCUT2D eigenvalue weighted by Crippen LogP contribution is -2.18. The van der Waals surface area contributed by atoms with Crippen LogP contribution in [0.5, 0.6) is 11.5 Å². The lowest BCUT2D eigenvalue weighted by Gasteiger charge is -2.18. The van der Waals surface area contributed by atoms with Crippen LogP contribution in [0.15, 0.2) is 53.4 Å². The van der Waals surface area contributed by atoms with Gasteiger partial charge >= 0.3 is 6.18 Å². The third-order valence-corrected chi connectivity index (χ3v) is 5.88. The van der Waals surface area contributed by atoms with E-state index in [2.05, 4.69) is 10.3 Å². The summed E-state index contributed by atoms with van der Waals surface area (Å²) in [7, 11) is -3.08. The van der Waals surface area contributed by atoms with Crippen LogP contribution in [0.25, 0.3) is 0 Å². The van der Waals surface area contributed by atoms with Crippen LogP contribution in [-0.4, -0.2) is 21.4 Å². The van der Waals surface area contributed by atoms with E-state index >= 15 is 0 Å². The highest BCUT2D eigenvalue weighted by Crippen LogP contribution is 2.38. The molecular weight excluding hydrogens is 462 g/mol. The summed E-state index contributed by atoms with van der Waals surface area (Å²) in [5.41, 5.74) is -1.50. The van der Waals surface area contributed by atoms with Gasteiger partial charge in [0.15, 0.2) is 0 Å². The zero-order chi connectivity index (χ0) is 24.6. The van der Waals surface area contributed by atoms with E-state index in [1.54, 1.807) is 0 Å². The topological polar surface area (TPSA) is 92.1 Å². The Morgan fingerprint density at radius 2 is 1.76 bits per heavy atom. The lowest BCUT2D eigenvalue weighted by molar-refractivity contribution is -0.138. The summed E-state index contributed by atoms with van der Waals surface area (Å²) >= 11 is 0. The molecule has 3 rings (SSSR count). The predicted molar refractivity (Wildman–Crippen MR) is 115 cm³/mol. The van der Waals surface area contributed by atoms with Gasteiger partial charge in [-0.25, -0.2) is 14.0 Å². The molecule has 0 unspecified atom stereocenters. The van der Waals surface area contributed by atoms with Gasteiger partial charge in [-0.1, -0.05) is 6.07 Å². The van der Waals surface area contributed by atoms with Gasteiger partial charge in [0.1, 0.15) is 11.5 Å². The first kappa shape index (κ1) is 24.2. The molecule has 0 spiro atoms. The maximum atomic E-state index is 13.5. The van der Waals surface area contributed by atoms with E-state index in [0.29, 0.717) is 0 Å². The number of pyridine rings is 1. The van der Waals surface area contributed by atoms with Gasteiger partial charge in [-0.05, 0) is 61.9 Å². The van der Waals surface area contributed by atoms with Crippen LogP contribution < -0.4 is 10.1 Å². The van der Waals surface area contributed by atoms with Crippen molar-refractivity contribution < 1.29 is 31.3 Å². The standard InChI is InChI=1S/C22H19F4N3O3S/c1-12-16(22(24,25)26)7-8-18(32-17-9-10-19(23)28-13(17)2)20(12)21(30)29-14-5-4-6-15(11-14)33(3,27)31/h4-11,27H,1-3H3,(H,29,30)/t33-/m1/s1. The first-order chi connectivity index (χ1) is 15.3. The number of nitrogens with one attached hydrogen (secondary N) is 2. The third kappa shape index (κ3) is 5.48. The number of hydrogen-bond donors (Lipinski definition) is 2. The molecule has 0 aliphatic carbocycles. The Labute approximate surface area is 187 Å². The summed E-state index contributed by atoms with van der Waals surface area (Å²) in [6.07, 6.45) is -3.51. The van der Waals surface area contributed by atoms with E-state index < -0.39 is 33.3 Å². The maximum absolute atomic E-state index is 13.5. The van der Waals surface area contributed by atoms with Gasteiger partial charge in [0.2, 0.25) is 5.95 Å². The van der Waals surface area contributed by atoms with Crippen LogP contribution in [0.3, 0.4) is 0 Å². The molecule has 1 atom stereocenters. The highest BCUT2D eigenvalue weighted by molar-refractivity contribution is 7.91. The number of anilines is 1. The third-order valence-electron chi connectivity index (χ3n) is 4.72. The van der Waals surface area contributed by atoms with E-state index in [1.807, 2.05) is 0 Å². The van der Waals surface area contributed by atoms with E-state index in [4.69, 9.17) is 9.52 Å². The molecule has 2 aromatic carbocycles. The summed E-state index contributed by atoms with van der Waals surface area (Å²) in [6, 6.07) is 9.74. The number of aromatic nitrogens is 1. The minimum absolute atomic E-state index is 0.0616. The monoisotopic (exact) mass is 481 g/mol. The molecule has 6 nitrogen and oxygen atoms in total. The van der Waals surface area contributed by atoms with E-state index in [9.17, 15) is 26.6 Å². The normalized spacial score (nSPS) is 13.3. The maximum Gasteiger partial charge on any atom is 0.416 e. The fourth-order valence-corrected chi connectivity index (χ4v) is 3.80. The Bertz CT molecular complexity index is 1340. The molecule has 0 fully saturated rings. The number of nitrogens with zero attached hydrogens (tertiary/aromatic N) is 1. The molecule has 0 aliphatic rings. The molecule has 1 amide bonds. The SMILES string of the molecule is Cc1nc(F)ccc1Oc1ccc(C(F)(F)F)c(C)c1C(=O)Nc1cccc([S@](C)(=N)=O)c1. The highest BCUT2D eigenvalue weighted by Gasteiger charge is 2.35. The number of amides is 1. The summed E-state index contributed by atoms with van der Waals surface area (Å²) < 4.78 is 79.1. The number of hydrogen-bond acceptors (Lipinski definition) is 5. The number of carbonyl (C=O) groups excluding carboxylic acids is 1. The van der Waals surface area contributed by atoms with Crippen LogP contribution in [0, 0.1) is 24.6 Å². The quantitative estimate of drug-likeness (QED) is 0.349. The largest absolute Gasteiger partial charge is 0.455 e. The molecular formula is C22H19F4N3O3S. The minimum atomic E-state index is -4.72. The molecule has 3 aromatic rings. The van der Waals surface area contributed by atoms with Crippen molar-refractivity contribution in [1.29, 1.82) is 4.78 Å². The molecule has 0 bridgehead atoms. The van der Waals surface area contributed by atoms with Gasteiger partial charge < -0.3 is 10.1 Å². The van der Waals surface area contributed by atoms with Crippen molar-refractivity contribution in [2.75, 3.05) is 11.6 Å². The first-order valence-electron chi connectivity index (χ1n) is 9.44. The Morgan fingerprint density at radius 3 is 2.36 bits per heavy atom. The summed E-state index contributed by atoms with van der Waals surface area (Å²) in [6.45, 7) is 2.59. The summed E-state index contributed by atoms with van der Waals surface area (Å²) in [5, 5.41) is 2.47. The molecule has 0 saturated carbocycles. The van der Waals surface area contributed by atoms with Crippen LogP contribution in [0.4, 0.5) is 23.2 Å². The van der Waals surface area contributed by atoms with Gasteiger partial charge in [0.05, 0.1) is 26.5 Å². The lowest BCUT2D eigenvalue weighted by atomic mass is 10.00.